The second-order valence-electron chi connectivity index (χ2n) is 7.18. The third-order valence-corrected chi connectivity index (χ3v) is 4.94. The number of hydrogen-bond donors (Lipinski definition) is 1. The summed E-state index contributed by atoms with van der Waals surface area (Å²) in [5.41, 5.74) is 4.82. The second kappa shape index (κ2) is 8.75. The maximum absolute atomic E-state index is 12.9. The van der Waals surface area contributed by atoms with E-state index in [0.717, 1.165) is 16.8 Å². The molecule has 4 rings (SSSR count). The van der Waals surface area contributed by atoms with Gasteiger partial charge in [0.2, 0.25) is 0 Å². The van der Waals surface area contributed by atoms with Gasteiger partial charge in [-0.15, -0.1) is 0 Å². The number of pyridine rings is 2. The number of rotatable bonds is 5. The van der Waals surface area contributed by atoms with E-state index in [9.17, 15) is 9.59 Å². The molecule has 0 saturated carbocycles. The van der Waals surface area contributed by atoms with Gasteiger partial charge in [-0.1, -0.05) is 42.5 Å². The molecule has 2 aromatic carbocycles. The smallest absolute Gasteiger partial charge is 0.339 e. The number of carbonyl (C=O) groups is 2. The summed E-state index contributed by atoms with van der Waals surface area (Å²) >= 11 is 0. The number of aryl methyl sites for hydroxylation is 2. The van der Waals surface area contributed by atoms with Crippen molar-refractivity contribution in [2.24, 2.45) is 0 Å². The second-order valence-corrected chi connectivity index (χ2v) is 7.18. The number of esters is 1. The lowest BCUT2D eigenvalue weighted by Crippen LogP contribution is -2.22. The highest BCUT2D eigenvalue weighted by Crippen LogP contribution is 2.24. The molecule has 0 saturated heterocycles. The van der Waals surface area contributed by atoms with Gasteiger partial charge >= 0.3 is 5.97 Å². The van der Waals surface area contributed by atoms with Crippen molar-refractivity contribution in [1.82, 2.24) is 9.97 Å². The summed E-state index contributed by atoms with van der Waals surface area (Å²) in [5.74, 6) is -0.985. The number of nitrogens with one attached hydrogen (secondary N) is 1. The molecule has 6 heteroatoms. The van der Waals surface area contributed by atoms with Crippen molar-refractivity contribution in [3.05, 3.63) is 89.6 Å². The molecule has 1 N–H and O–H groups in total. The number of benzene rings is 2. The fraction of sp³-hybridized carbons (Fsp3) is 0.120. The molecule has 0 unspecified atom stereocenters. The lowest BCUT2D eigenvalue weighted by molar-refractivity contribution is -0.119. The maximum Gasteiger partial charge on any atom is 0.339 e. The molecule has 2 aromatic heterocycles. The van der Waals surface area contributed by atoms with E-state index in [1.54, 1.807) is 18.3 Å². The summed E-state index contributed by atoms with van der Waals surface area (Å²) < 4.78 is 5.34. The Hall–Kier alpha value is -4.06. The lowest BCUT2D eigenvalue weighted by Gasteiger charge is -2.12. The molecule has 0 spiro atoms. The van der Waals surface area contributed by atoms with E-state index in [2.05, 4.69) is 15.3 Å². The van der Waals surface area contributed by atoms with Gasteiger partial charge in [-0.3, -0.25) is 9.78 Å². The molecule has 0 fully saturated rings. The molecule has 6 nitrogen and oxygen atoms in total. The van der Waals surface area contributed by atoms with Crippen molar-refractivity contribution in [3.8, 4) is 11.4 Å². The predicted octanol–water partition coefficient (Wildman–Crippen LogP) is 4.71. The van der Waals surface area contributed by atoms with E-state index < -0.39 is 11.9 Å². The van der Waals surface area contributed by atoms with Gasteiger partial charge in [-0.25, -0.2) is 9.78 Å². The minimum atomic E-state index is -0.590. The van der Waals surface area contributed by atoms with E-state index in [-0.39, 0.29) is 6.61 Å². The van der Waals surface area contributed by atoms with Gasteiger partial charge in [0.15, 0.2) is 6.61 Å². The van der Waals surface area contributed by atoms with Crippen molar-refractivity contribution >= 4 is 28.5 Å². The fourth-order valence-corrected chi connectivity index (χ4v) is 3.39. The zero-order valence-corrected chi connectivity index (χ0v) is 17.3. The van der Waals surface area contributed by atoms with Gasteiger partial charge in [-0.05, 0) is 49.2 Å². The number of anilines is 1. The Kier molecular flexibility index (Phi) is 5.71. The van der Waals surface area contributed by atoms with Crippen LogP contribution < -0.4 is 5.32 Å². The van der Waals surface area contributed by atoms with Crippen molar-refractivity contribution < 1.29 is 14.3 Å². The van der Waals surface area contributed by atoms with Crippen LogP contribution in [0.1, 0.15) is 21.5 Å². The number of nitrogens with zero attached hydrogens (tertiary/aromatic N) is 2. The first-order valence-electron chi connectivity index (χ1n) is 9.87. The summed E-state index contributed by atoms with van der Waals surface area (Å²) in [6, 6.07) is 20.2. The number of fused-ring (bicyclic) bond motifs is 1. The average molecular weight is 411 g/mol. The number of ether oxygens (including phenoxy) is 1. The molecule has 0 radical (unpaired) electrons. The van der Waals surface area contributed by atoms with Gasteiger partial charge in [0.1, 0.15) is 0 Å². The number of carbonyl (C=O) groups excluding carboxylic acids is 2. The SMILES string of the molecule is Cc1cccc(C)c1NC(=O)COC(=O)c1cc(-c2ccccn2)nc2ccccc12. The Morgan fingerprint density at radius 1 is 0.903 bits per heavy atom. The molecular formula is C25H21N3O3. The monoisotopic (exact) mass is 411 g/mol. The normalized spacial score (nSPS) is 10.6. The van der Waals surface area contributed by atoms with E-state index >= 15 is 0 Å². The predicted molar refractivity (Wildman–Crippen MR) is 120 cm³/mol. The number of amides is 1. The lowest BCUT2D eigenvalue weighted by atomic mass is 10.1. The Morgan fingerprint density at radius 3 is 2.39 bits per heavy atom. The quantitative estimate of drug-likeness (QED) is 0.481. The molecule has 0 aliphatic heterocycles. The first-order valence-corrected chi connectivity index (χ1v) is 9.87. The Bertz CT molecular complexity index is 1250. The first-order chi connectivity index (χ1) is 15.0. The Morgan fingerprint density at radius 2 is 1.65 bits per heavy atom. The summed E-state index contributed by atoms with van der Waals surface area (Å²) in [7, 11) is 0. The Labute approximate surface area is 179 Å². The number of hydrogen-bond acceptors (Lipinski definition) is 5. The van der Waals surface area contributed by atoms with Crippen LogP contribution in [0.4, 0.5) is 5.69 Å². The van der Waals surface area contributed by atoms with Crippen molar-refractivity contribution in [2.75, 3.05) is 11.9 Å². The van der Waals surface area contributed by atoms with E-state index in [4.69, 9.17) is 4.74 Å². The minimum Gasteiger partial charge on any atom is -0.452 e. The molecule has 0 bridgehead atoms. The Balaban J connectivity index is 1.57. The van der Waals surface area contributed by atoms with Crippen LogP contribution >= 0.6 is 0 Å². The van der Waals surface area contributed by atoms with Crippen LogP contribution in [0.15, 0.2) is 72.9 Å². The van der Waals surface area contributed by atoms with Crippen LogP contribution in [-0.2, 0) is 9.53 Å². The standard InChI is InChI=1S/C25H21N3O3/c1-16-8-7-9-17(2)24(16)28-23(29)15-31-25(30)19-14-22(21-12-5-6-13-26-21)27-20-11-4-3-10-18(19)20/h3-14H,15H2,1-2H3,(H,28,29). The highest BCUT2D eigenvalue weighted by Gasteiger charge is 2.17. The van der Waals surface area contributed by atoms with Crippen LogP contribution in [0.25, 0.3) is 22.3 Å². The molecule has 2 heterocycles. The maximum atomic E-state index is 12.9. The zero-order chi connectivity index (χ0) is 21.8. The van der Waals surface area contributed by atoms with Gasteiger partial charge < -0.3 is 10.1 Å². The first kappa shape index (κ1) is 20.2. The molecule has 0 atom stereocenters. The van der Waals surface area contributed by atoms with Crippen molar-refractivity contribution in [2.45, 2.75) is 13.8 Å². The molecular weight excluding hydrogens is 390 g/mol. The highest BCUT2D eigenvalue weighted by molar-refractivity contribution is 6.05. The average Bonchev–Trinajstić information content (AvgIpc) is 2.80. The molecule has 154 valence electrons. The van der Waals surface area contributed by atoms with E-state index in [1.807, 2.05) is 68.4 Å². The van der Waals surface area contributed by atoms with Gasteiger partial charge in [0, 0.05) is 17.3 Å². The summed E-state index contributed by atoms with van der Waals surface area (Å²) in [4.78, 5) is 34.2. The van der Waals surface area contributed by atoms with Crippen molar-refractivity contribution in [1.29, 1.82) is 0 Å². The molecule has 1 amide bonds. The molecule has 0 aliphatic rings. The number of para-hydroxylation sites is 2. The van der Waals surface area contributed by atoms with Crippen LogP contribution in [0.2, 0.25) is 0 Å². The van der Waals surface area contributed by atoms with Crippen LogP contribution in [0, 0.1) is 13.8 Å². The van der Waals surface area contributed by atoms with E-state index in [1.165, 1.54) is 0 Å². The highest BCUT2D eigenvalue weighted by atomic mass is 16.5. The van der Waals surface area contributed by atoms with Crippen LogP contribution in [-0.4, -0.2) is 28.5 Å². The molecule has 4 aromatic rings. The molecule has 0 aliphatic carbocycles. The fourth-order valence-electron chi connectivity index (χ4n) is 3.39. The topological polar surface area (TPSA) is 81.2 Å². The summed E-state index contributed by atoms with van der Waals surface area (Å²) in [6.07, 6.45) is 1.67. The third-order valence-electron chi connectivity index (χ3n) is 4.94. The summed E-state index contributed by atoms with van der Waals surface area (Å²) in [5, 5.41) is 3.48. The zero-order valence-electron chi connectivity index (χ0n) is 17.3. The number of aromatic nitrogens is 2. The van der Waals surface area contributed by atoms with Crippen LogP contribution in [0.5, 0.6) is 0 Å². The van der Waals surface area contributed by atoms with Crippen LogP contribution in [0.3, 0.4) is 0 Å². The van der Waals surface area contributed by atoms with Gasteiger partial charge in [0.25, 0.3) is 5.91 Å². The van der Waals surface area contributed by atoms with Gasteiger partial charge in [0.05, 0.1) is 22.5 Å². The third kappa shape index (κ3) is 4.43. The summed E-state index contributed by atoms with van der Waals surface area (Å²) in [6.45, 7) is 3.44. The van der Waals surface area contributed by atoms with E-state index in [0.29, 0.717) is 27.9 Å². The largest absolute Gasteiger partial charge is 0.452 e. The van der Waals surface area contributed by atoms with Gasteiger partial charge in [-0.2, -0.15) is 0 Å². The molecule has 31 heavy (non-hydrogen) atoms. The van der Waals surface area contributed by atoms with Crippen molar-refractivity contribution in [3.63, 3.8) is 0 Å². The minimum absolute atomic E-state index is 0.339.